The van der Waals surface area contributed by atoms with Gasteiger partial charge in [-0.2, -0.15) is 0 Å². The lowest BCUT2D eigenvalue weighted by atomic mass is 9.66. The third kappa shape index (κ3) is 6.13. The van der Waals surface area contributed by atoms with E-state index in [1.165, 1.54) is 27.8 Å². The Kier molecular flexibility index (Phi) is 9.27. The number of hydrogen-bond acceptors (Lipinski definition) is 4. The fourth-order valence-electron chi connectivity index (χ4n) is 10.7. The molecule has 0 N–H and O–H groups in total. The maximum Gasteiger partial charge on any atom is 0.132 e. The summed E-state index contributed by atoms with van der Waals surface area (Å²) in [4.78, 5) is 4.68. The van der Waals surface area contributed by atoms with Gasteiger partial charge in [-0.15, -0.1) is 0 Å². The quantitative estimate of drug-likeness (QED) is 0.152. The molecule has 1 unspecified atom stereocenters. The molecule has 65 heavy (non-hydrogen) atoms. The topological polar surface area (TPSA) is 24.9 Å². The normalized spacial score (nSPS) is 15.2. The van der Waals surface area contributed by atoms with E-state index in [1.54, 1.807) is 0 Å². The van der Waals surface area contributed by atoms with Crippen LogP contribution in [0.1, 0.15) is 54.0 Å². The summed E-state index contributed by atoms with van der Waals surface area (Å²) in [5, 5.41) is 0. The predicted octanol–water partition coefficient (Wildman–Crippen LogP) is 16.6. The van der Waals surface area contributed by atoms with Gasteiger partial charge in [0.2, 0.25) is 0 Å². The summed E-state index contributed by atoms with van der Waals surface area (Å²) in [6, 6.07) is 78.8. The second-order valence-corrected chi connectivity index (χ2v) is 17.0. The molecule has 2 aliphatic heterocycles. The Balaban J connectivity index is 0.922. The minimum absolute atomic E-state index is 0.298. The number of para-hydroxylation sites is 4. The summed E-state index contributed by atoms with van der Waals surface area (Å²) in [7, 11) is 0. The van der Waals surface area contributed by atoms with Gasteiger partial charge in [0.25, 0.3) is 0 Å². The highest BCUT2D eigenvalue weighted by atomic mass is 16.5. The van der Waals surface area contributed by atoms with Crippen molar-refractivity contribution in [1.29, 1.82) is 0 Å². The number of rotatable bonds is 8. The van der Waals surface area contributed by atoms with Gasteiger partial charge in [-0.05, 0) is 132 Å². The molecule has 1 aliphatic carbocycles. The van der Waals surface area contributed by atoms with E-state index in [0.717, 1.165) is 85.8 Å². The van der Waals surface area contributed by atoms with Crippen molar-refractivity contribution < 1.29 is 9.47 Å². The Morgan fingerprint density at radius 2 is 0.877 bits per heavy atom. The average Bonchev–Trinajstić information content (AvgIpc) is 3.88. The van der Waals surface area contributed by atoms with E-state index in [9.17, 15) is 0 Å². The van der Waals surface area contributed by atoms with Crippen molar-refractivity contribution in [3.63, 3.8) is 0 Å². The van der Waals surface area contributed by atoms with Crippen LogP contribution in [-0.2, 0) is 5.41 Å². The van der Waals surface area contributed by atoms with Crippen molar-refractivity contribution in [3.8, 4) is 39.5 Å². The molecule has 0 saturated carbocycles. The molecule has 9 aromatic carbocycles. The first-order chi connectivity index (χ1) is 32.1. The molecule has 0 saturated heterocycles. The summed E-state index contributed by atoms with van der Waals surface area (Å²) >= 11 is 0. The number of anilines is 6. The molecular weight excluding hydrogens is 793 g/mol. The van der Waals surface area contributed by atoms with E-state index in [4.69, 9.17) is 9.47 Å². The van der Waals surface area contributed by atoms with Gasteiger partial charge in [0.1, 0.15) is 23.0 Å². The number of benzene rings is 9. The molecule has 1 atom stereocenters. The van der Waals surface area contributed by atoms with E-state index >= 15 is 0 Å². The summed E-state index contributed by atoms with van der Waals surface area (Å²) in [5.74, 6) is 4.05. The van der Waals surface area contributed by atoms with Gasteiger partial charge in [-0.3, -0.25) is 0 Å². The molecule has 4 nitrogen and oxygen atoms in total. The monoisotopic (exact) mass is 838 g/mol. The SMILES string of the molecule is C/C=C1/Oc2cc(N(c3ccccc3)c3ccc(-c4ccc(N(c5ccccc5)c5ccc6c(c5)C5(c7ccccc7Oc7ccccc75)c5ccccc5-6)cc4)cc3)ccc2C1CC. The fraction of sp³-hybridized carbons (Fsp3) is 0.0820. The highest BCUT2D eigenvalue weighted by molar-refractivity contribution is 5.91. The van der Waals surface area contributed by atoms with Crippen LogP contribution < -0.4 is 19.3 Å². The lowest BCUT2D eigenvalue weighted by Gasteiger charge is -2.39. The smallest absolute Gasteiger partial charge is 0.132 e. The maximum atomic E-state index is 6.63. The van der Waals surface area contributed by atoms with E-state index in [0.29, 0.717) is 5.92 Å². The first-order valence-electron chi connectivity index (χ1n) is 22.6. The van der Waals surface area contributed by atoms with Gasteiger partial charge >= 0.3 is 0 Å². The second-order valence-electron chi connectivity index (χ2n) is 17.0. The largest absolute Gasteiger partial charge is 0.461 e. The molecule has 0 aromatic heterocycles. The zero-order valence-electron chi connectivity index (χ0n) is 36.4. The van der Waals surface area contributed by atoms with Crippen molar-refractivity contribution in [2.45, 2.75) is 31.6 Å². The molecule has 9 aromatic rings. The van der Waals surface area contributed by atoms with Gasteiger partial charge in [0.15, 0.2) is 0 Å². The summed E-state index contributed by atoms with van der Waals surface area (Å²) < 4.78 is 13.0. The van der Waals surface area contributed by atoms with Crippen molar-refractivity contribution in [2.24, 2.45) is 0 Å². The van der Waals surface area contributed by atoms with Crippen molar-refractivity contribution in [3.05, 3.63) is 258 Å². The third-order valence-electron chi connectivity index (χ3n) is 13.6. The first kappa shape index (κ1) is 38.6. The van der Waals surface area contributed by atoms with Crippen molar-refractivity contribution in [1.82, 2.24) is 0 Å². The lowest BCUT2D eigenvalue weighted by Crippen LogP contribution is -2.32. The van der Waals surface area contributed by atoms with Crippen LogP contribution in [0.5, 0.6) is 17.2 Å². The zero-order chi connectivity index (χ0) is 43.5. The Morgan fingerprint density at radius 1 is 0.415 bits per heavy atom. The summed E-state index contributed by atoms with van der Waals surface area (Å²) in [6.45, 7) is 4.28. The Bertz CT molecular complexity index is 3220. The predicted molar refractivity (Wildman–Crippen MR) is 266 cm³/mol. The van der Waals surface area contributed by atoms with Crippen LogP contribution >= 0.6 is 0 Å². The zero-order valence-corrected chi connectivity index (χ0v) is 36.4. The van der Waals surface area contributed by atoms with Gasteiger partial charge in [0, 0.05) is 62.8 Å². The van der Waals surface area contributed by atoms with Crippen molar-refractivity contribution >= 4 is 34.1 Å². The maximum absolute atomic E-state index is 6.63. The van der Waals surface area contributed by atoms with E-state index < -0.39 is 5.41 Å². The van der Waals surface area contributed by atoms with Crippen LogP contribution in [0.3, 0.4) is 0 Å². The number of fused-ring (bicyclic) bond motifs is 10. The van der Waals surface area contributed by atoms with E-state index in [-0.39, 0.29) is 0 Å². The lowest BCUT2D eigenvalue weighted by molar-refractivity contribution is 0.423. The molecule has 0 bridgehead atoms. The highest BCUT2D eigenvalue weighted by Gasteiger charge is 2.51. The van der Waals surface area contributed by atoms with Crippen LogP contribution in [0.15, 0.2) is 230 Å². The summed E-state index contributed by atoms with van der Waals surface area (Å²) in [5.41, 5.74) is 16.8. The molecule has 1 spiro atoms. The Morgan fingerprint density at radius 3 is 1.45 bits per heavy atom. The van der Waals surface area contributed by atoms with Gasteiger partial charge < -0.3 is 19.3 Å². The van der Waals surface area contributed by atoms with Crippen LogP contribution in [0.25, 0.3) is 22.3 Å². The summed E-state index contributed by atoms with van der Waals surface area (Å²) in [6.07, 6.45) is 3.10. The average molecular weight is 839 g/mol. The number of allylic oxidation sites excluding steroid dienone is 2. The van der Waals surface area contributed by atoms with Gasteiger partial charge in [0.05, 0.1) is 5.41 Å². The van der Waals surface area contributed by atoms with Crippen LogP contribution in [0.2, 0.25) is 0 Å². The number of ether oxygens (including phenoxy) is 2. The number of hydrogen-bond donors (Lipinski definition) is 0. The molecule has 12 rings (SSSR count). The van der Waals surface area contributed by atoms with E-state index in [1.807, 2.05) is 0 Å². The van der Waals surface area contributed by atoms with Gasteiger partial charge in [-0.1, -0.05) is 140 Å². The molecule has 2 heterocycles. The Hall–Kier alpha value is -8.08. The molecule has 3 aliphatic rings. The van der Waals surface area contributed by atoms with Crippen molar-refractivity contribution in [2.75, 3.05) is 9.80 Å². The van der Waals surface area contributed by atoms with E-state index in [2.05, 4.69) is 248 Å². The molecule has 0 amide bonds. The molecule has 0 fully saturated rings. The standard InChI is InChI=1S/C61H46N2O2/c1-3-49-52-38-36-48(40-60(52)64-57(49)4-2)63(44-19-9-6-10-20-44)46-33-29-42(30-34-46)41-27-31-45(32-28-41)62(43-17-7-5-8-18-43)47-35-37-51-50-21-11-12-22-53(50)61(56(51)39-47)54-23-13-15-25-58(54)65-59-26-16-14-24-55(59)61/h4-40,49H,3H2,1-2H3/b57-4+. The molecule has 4 heteroatoms. The van der Waals surface area contributed by atoms with Crippen LogP contribution in [-0.4, -0.2) is 0 Å². The van der Waals surface area contributed by atoms with Crippen LogP contribution in [0, 0.1) is 0 Å². The fourth-order valence-corrected chi connectivity index (χ4v) is 10.7. The number of nitrogens with zero attached hydrogens (tertiary/aromatic N) is 2. The highest BCUT2D eigenvalue weighted by Crippen LogP contribution is 2.62. The molecule has 312 valence electrons. The molecular formula is C61H46N2O2. The van der Waals surface area contributed by atoms with Crippen LogP contribution in [0.4, 0.5) is 34.1 Å². The second kappa shape index (κ2) is 15.6. The van der Waals surface area contributed by atoms with Gasteiger partial charge in [-0.25, -0.2) is 0 Å². The Labute approximate surface area is 380 Å². The minimum atomic E-state index is -0.551. The third-order valence-corrected chi connectivity index (χ3v) is 13.6. The minimum Gasteiger partial charge on any atom is -0.461 e. The molecule has 0 radical (unpaired) electrons. The first-order valence-corrected chi connectivity index (χ1v) is 22.6.